The normalized spacial score (nSPS) is 10.4. The number of rotatable bonds is 13. The van der Waals surface area contributed by atoms with Crippen LogP contribution in [0.3, 0.4) is 0 Å². The fraction of sp³-hybridized carbons (Fsp3) is 0.375. The van der Waals surface area contributed by atoms with Crippen molar-refractivity contribution in [1.29, 1.82) is 0 Å². The Hall–Kier alpha value is -3.43. The van der Waals surface area contributed by atoms with E-state index in [-0.39, 0.29) is 43.6 Å². The Bertz CT molecular complexity index is 959. The van der Waals surface area contributed by atoms with Crippen LogP contribution in [0.4, 0.5) is 0 Å². The minimum atomic E-state index is -0.572. The molecule has 2 aromatic rings. The first-order valence-corrected chi connectivity index (χ1v) is 10.3. The Kier molecular flexibility index (Phi) is 10.3. The third kappa shape index (κ3) is 7.03. The van der Waals surface area contributed by atoms with Crippen LogP contribution in [0.2, 0.25) is 0 Å². The summed E-state index contributed by atoms with van der Waals surface area (Å²) in [5, 5.41) is 2.63. The Morgan fingerprint density at radius 1 is 0.879 bits per heavy atom. The van der Waals surface area contributed by atoms with Crippen molar-refractivity contribution >= 4 is 17.7 Å². The van der Waals surface area contributed by atoms with Crippen LogP contribution in [0.15, 0.2) is 36.4 Å². The molecule has 0 bridgehead atoms. The predicted octanol–water partition coefficient (Wildman–Crippen LogP) is 2.54. The highest BCUT2D eigenvalue weighted by molar-refractivity contribution is 6.04. The molecule has 1 N–H and O–H groups in total. The van der Waals surface area contributed by atoms with Crippen molar-refractivity contribution in [2.75, 3.05) is 41.5 Å². The molecule has 9 nitrogen and oxygen atoms in total. The fourth-order valence-corrected chi connectivity index (χ4v) is 3.24. The molecule has 1 amide bonds. The van der Waals surface area contributed by atoms with E-state index in [4.69, 9.17) is 23.7 Å². The van der Waals surface area contributed by atoms with Crippen LogP contribution in [0.25, 0.3) is 0 Å². The van der Waals surface area contributed by atoms with Crippen LogP contribution in [0.1, 0.15) is 38.8 Å². The van der Waals surface area contributed by atoms with E-state index in [0.717, 1.165) is 0 Å². The molecule has 0 radical (unpaired) electrons. The third-order valence-electron chi connectivity index (χ3n) is 4.77. The van der Waals surface area contributed by atoms with Gasteiger partial charge in [0.05, 0.1) is 25.6 Å². The van der Waals surface area contributed by atoms with Gasteiger partial charge in [0.2, 0.25) is 0 Å². The average molecular weight is 459 g/mol. The summed E-state index contributed by atoms with van der Waals surface area (Å²) in [6.45, 7) is 1.46. The molecule has 0 fully saturated rings. The minimum Gasteiger partial charge on any atom is -0.469 e. The van der Waals surface area contributed by atoms with Crippen molar-refractivity contribution in [1.82, 2.24) is 5.32 Å². The smallest absolute Gasteiger partial charge is 0.310 e. The van der Waals surface area contributed by atoms with E-state index in [2.05, 4.69) is 5.32 Å². The molecule has 0 aliphatic carbocycles. The van der Waals surface area contributed by atoms with Gasteiger partial charge in [-0.25, -0.2) is 0 Å². The SMILES string of the molecule is CCc1c(OCOC)cc(OCOC)c(C(=O)NCC(=O)c2ccccc2)c1CC(=O)OC. The molecular weight excluding hydrogens is 430 g/mol. The molecule has 0 saturated carbocycles. The van der Waals surface area contributed by atoms with Gasteiger partial charge in [-0.2, -0.15) is 0 Å². The van der Waals surface area contributed by atoms with E-state index in [1.807, 2.05) is 6.92 Å². The molecule has 0 aromatic heterocycles. The molecule has 178 valence electrons. The van der Waals surface area contributed by atoms with E-state index in [1.165, 1.54) is 21.3 Å². The van der Waals surface area contributed by atoms with Crippen LogP contribution in [0.5, 0.6) is 11.5 Å². The van der Waals surface area contributed by atoms with Crippen LogP contribution in [0, 0.1) is 0 Å². The largest absolute Gasteiger partial charge is 0.469 e. The van der Waals surface area contributed by atoms with E-state index in [1.54, 1.807) is 36.4 Å². The molecule has 9 heteroatoms. The first kappa shape index (κ1) is 25.8. The molecule has 33 heavy (non-hydrogen) atoms. The quantitative estimate of drug-likeness (QED) is 0.277. The second-order valence-electron chi connectivity index (χ2n) is 6.89. The van der Waals surface area contributed by atoms with Crippen LogP contribution in [-0.2, 0) is 31.8 Å². The molecule has 0 unspecified atom stereocenters. The maximum atomic E-state index is 13.2. The van der Waals surface area contributed by atoms with Crippen LogP contribution >= 0.6 is 0 Å². The third-order valence-corrected chi connectivity index (χ3v) is 4.77. The monoisotopic (exact) mass is 459 g/mol. The standard InChI is InChI=1S/C24H29NO8/c1-5-17-18(11-22(27)31-4)23(21(33-15-30-3)12-20(17)32-14-29-2)24(28)25-13-19(26)16-9-7-6-8-10-16/h6-10,12H,5,11,13-15H2,1-4H3,(H,25,28). The van der Waals surface area contributed by atoms with Gasteiger partial charge in [0.15, 0.2) is 19.4 Å². The molecule has 0 aliphatic heterocycles. The highest BCUT2D eigenvalue weighted by atomic mass is 16.7. The van der Waals surface area contributed by atoms with E-state index in [9.17, 15) is 14.4 Å². The summed E-state index contributed by atoms with van der Waals surface area (Å²) in [7, 11) is 4.19. The van der Waals surface area contributed by atoms with Crippen molar-refractivity contribution in [3.63, 3.8) is 0 Å². The topological polar surface area (TPSA) is 109 Å². The number of carbonyl (C=O) groups excluding carboxylic acids is 3. The van der Waals surface area contributed by atoms with Gasteiger partial charge in [-0.05, 0) is 17.5 Å². The number of hydrogen-bond acceptors (Lipinski definition) is 8. The van der Waals surface area contributed by atoms with Gasteiger partial charge in [0.25, 0.3) is 5.91 Å². The van der Waals surface area contributed by atoms with Crippen molar-refractivity contribution in [3.8, 4) is 11.5 Å². The maximum Gasteiger partial charge on any atom is 0.310 e. The lowest BCUT2D eigenvalue weighted by Crippen LogP contribution is -2.31. The minimum absolute atomic E-state index is 0.0362. The fourth-order valence-electron chi connectivity index (χ4n) is 3.24. The predicted molar refractivity (Wildman–Crippen MR) is 120 cm³/mol. The number of ketones is 1. The highest BCUT2D eigenvalue weighted by Gasteiger charge is 2.26. The highest BCUT2D eigenvalue weighted by Crippen LogP contribution is 2.35. The van der Waals surface area contributed by atoms with Gasteiger partial charge in [-0.15, -0.1) is 0 Å². The Morgan fingerprint density at radius 2 is 1.52 bits per heavy atom. The average Bonchev–Trinajstić information content (AvgIpc) is 2.84. The van der Waals surface area contributed by atoms with Crippen LogP contribution < -0.4 is 14.8 Å². The molecule has 0 aliphatic rings. The summed E-state index contributed by atoms with van der Waals surface area (Å²) in [6, 6.07) is 10.2. The van der Waals surface area contributed by atoms with Gasteiger partial charge in [0, 0.05) is 25.8 Å². The zero-order valence-corrected chi connectivity index (χ0v) is 19.3. The second kappa shape index (κ2) is 13.2. The van der Waals surface area contributed by atoms with E-state index in [0.29, 0.717) is 28.9 Å². The van der Waals surface area contributed by atoms with Crippen molar-refractivity contribution in [2.24, 2.45) is 0 Å². The molecule has 2 rings (SSSR count). The Morgan fingerprint density at radius 3 is 2.09 bits per heavy atom. The maximum absolute atomic E-state index is 13.2. The zero-order valence-electron chi connectivity index (χ0n) is 19.3. The van der Waals surface area contributed by atoms with Crippen molar-refractivity contribution < 1.29 is 38.1 Å². The number of methoxy groups -OCH3 is 3. The number of hydrogen-bond donors (Lipinski definition) is 1. The summed E-state index contributed by atoms with van der Waals surface area (Å²) in [4.78, 5) is 37.9. The summed E-state index contributed by atoms with van der Waals surface area (Å²) in [6.07, 6.45) is 0.266. The number of benzene rings is 2. The zero-order chi connectivity index (χ0) is 24.2. The number of ether oxygens (including phenoxy) is 5. The first-order chi connectivity index (χ1) is 16.0. The lowest BCUT2D eigenvalue weighted by molar-refractivity contribution is -0.139. The molecular formula is C24H29NO8. The number of nitrogens with one attached hydrogen (secondary N) is 1. The number of Topliss-reactive ketones (excluding diaryl/α,β-unsaturated/α-hetero) is 1. The number of esters is 1. The molecule has 0 atom stereocenters. The van der Waals surface area contributed by atoms with Gasteiger partial charge < -0.3 is 29.0 Å². The van der Waals surface area contributed by atoms with Gasteiger partial charge in [-0.1, -0.05) is 37.3 Å². The van der Waals surface area contributed by atoms with E-state index < -0.39 is 11.9 Å². The Balaban J connectivity index is 2.49. The first-order valence-electron chi connectivity index (χ1n) is 10.3. The summed E-state index contributed by atoms with van der Waals surface area (Å²) >= 11 is 0. The lowest BCUT2D eigenvalue weighted by Gasteiger charge is -2.21. The molecule has 2 aromatic carbocycles. The molecule has 0 heterocycles. The number of amides is 1. The van der Waals surface area contributed by atoms with E-state index >= 15 is 0 Å². The lowest BCUT2D eigenvalue weighted by atomic mass is 9.93. The summed E-state index contributed by atoms with van der Waals surface area (Å²) < 4.78 is 26.1. The number of carbonyl (C=O) groups is 3. The van der Waals surface area contributed by atoms with Gasteiger partial charge in [-0.3, -0.25) is 14.4 Å². The van der Waals surface area contributed by atoms with Gasteiger partial charge in [0.1, 0.15) is 11.5 Å². The van der Waals surface area contributed by atoms with Gasteiger partial charge >= 0.3 is 5.97 Å². The van der Waals surface area contributed by atoms with Crippen molar-refractivity contribution in [2.45, 2.75) is 19.8 Å². The summed E-state index contributed by atoms with van der Waals surface area (Å²) in [5.74, 6) is -0.823. The summed E-state index contributed by atoms with van der Waals surface area (Å²) in [5.41, 5.74) is 1.59. The molecule has 0 saturated heterocycles. The second-order valence-corrected chi connectivity index (χ2v) is 6.89. The molecule has 0 spiro atoms. The van der Waals surface area contributed by atoms with Crippen LogP contribution in [-0.4, -0.2) is 59.1 Å². The Labute approximate surface area is 192 Å². The van der Waals surface area contributed by atoms with Crippen molar-refractivity contribution in [3.05, 3.63) is 58.7 Å².